The Morgan fingerprint density at radius 1 is 1.17 bits per heavy atom. The normalized spacial score (nSPS) is 13.9. The second kappa shape index (κ2) is 5.96. The number of aryl methyl sites for hydroxylation is 1. The molecule has 23 heavy (non-hydrogen) atoms. The molecule has 1 aliphatic rings. The molecule has 0 unspecified atom stereocenters. The Bertz CT molecular complexity index is 811. The van der Waals surface area contributed by atoms with E-state index in [-0.39, 0.29) is 11.5 Å². The molecule has 2 aromatic carbocycles. The molecule has 0 radical (unpaired) electrons. The lowest BCUT2D eigenvalue weighted by molar-refractivity contribution is -0.113. The second-order valence-electron chi connectivity index (χ2n) is 5.39. The van der Waals surface area contributed by atoms with Crippen molar-refractivity contribution in [2.45, 2.75) is 6.92 Å². The van der Waals surface area contributed by atoms with Gasteiger partial charge in [0.2, 0.25) is 0 Å². The number of amides is 1. The van der Waals surface area contributed by atoms with E-state index < -0.39 is 5.97 Å². The Hall–Kier alpha value is -3.08. The van der Waals surface area contributed by atoms with Crippen LogP contribution in [0, 0.1) is 6.92 Å². The maximum atomic E-state index is 12.2. The van der Waals surface area contributed by atoms with Crippen LogP contribution in [-0.4, -0.2) is 23.5 Å². The molecule has 0 aromatic heterocycles. The van der Waals surface area contributed by atoms with E-state index in [0.29, 0.717) is 12.2 Å². The van der Waals surface area contributed by atoms with E-state index in [1.54, 1.807) is 29.2 Å². The van der Waals surface area contributed by atoms with Crippen LogP contribution in [0.15, 0.2) is 60.3 Å². The van der Waals surface area contributed by atoms with Crippen LogP contribution in [0.25, 0.3) is 0 Å². The van der Waals surface area contributed by atoms with Gasteiger partial charge in [0.05, 0.1) is 12.1 Å². The number of anilines is 2. The Balaban J connectivity index is 1.78. The van der Waals surface area contributed by atoms with Crippen molar-refractivity contribution in [2.24, 2.45) is 0 Å². The fourth-order valence-electron chi connectivity index (χ4n) is 2.58. The maximum Gasteiger partial charge on any atom is 0.335 e. The minimum atomic E-state index is -0.980. The van der Waals surface area contributed by atoms with Crippen molar-refractivity contribution in [1.29, 1.82) is 0 Å². The minimum absolute atomic E-state index is 0.0869. The minimum Gasteiger partial charge on any atom is -0.478 e. The number of hydrogen-bond donors (Lipinski definition) is 2. The summed E-state index contributed by atoms with van der Waals surface area (Å²) < 4.78 is 0. The quantitative estimate of drug-likeness (QED) is 0.911. The summed E-state index contributed by atoms with van der Waals surface area (Å²) in [6.45, 7) is 2.39. The fourth-order valence-corrected chi connectivity index (χ4v) is 2.58. The van der Waals surface area contributed by atoms with Crippen LogP contribution in [0.4, 0.5) is 11.4 Å². The number of nitrogens with zero attached hydrogens (tertiary/aromatic N) is 1. The van der Waals surface area contributed by atoms with Gasteiger partial charge in [0, 0.05) is 23.1 Å². The van der Waals surface area contributed by atoms with Crippen LogP contribution in [0.1, 0.15) is 15.9 Å². The molecule has 1 aliphatic heterocycles. The zero-order valence-electron chi connectivity index (χ0n) is 12.6. The van der Waals surface area contributed by atoms with Crippen LogP contribution >= 0.6 is 0 Å². The molecule has 0 saturated heterocycles. The average molecular weight is 308 g/mol. The van der Waals surface area contributed by atoms with Crippen LogP contribution in [0.2, 0.25) is 0 Å². The molecule has 0 fully saturated rings. The number of nitrogens with one attached hydrogen (secondary N) is 1. The highest BCUT2D eigenvalue weighted by Gasteiger charge is 2.24. The van der Waals surface area contributed by atoms with Crippen molar-refractivity contribution >= 4 is 23.3 Å². The van der Waals surface area contributed by atoms with Crippen LogP contribution in [-0.2, 0) is 4.79 Å². The molecule has 1 heterocycles. The summed E-state index contributed by atoms with van der Waals surface area (Å²) in [5.74, 6) is -1.07. The molecule has 116 valence electrons. The molecule has 3 rings (SSSR count). The van der Waals surface area contributed by atoms with E-state index in [1.807, 2.05) is 31.2 Å². The van der Waals surface area contributed by atoms with E-state index in [4.69, 9.17) is 5.11 Å². The summed E-state index contributed by atoms with van der Waals surface area (Å²) in [4.78, 5) is 24.9. The Kier molecular flexibility index (Phi) is 3.85. The smallest absolute Gasteiger partial charge is 0.335 e. The number of carbonyl (C=O) groups excluding carboxylic acids is 1. The first-order valence-corrected chi connectivity index (χ1v) is 7.22. The number of benzene rings is 2. The third-order valence-corrected chi connectivity index (χ3v) is 3.71. The lowest BCUT2D eigenvalue weighted by atomic mass is 10.2. The summed E-state index contributed by atoms with van der Waals surface area (Å²) >= 11 is 0. The first kappa shape index (κ1) is 14.8. The number of aromatic carboxylic acids is 1. The Morgan fingerprint density at radius 2 is 1.96 bits per heavy atom. The van der Waals surface area contributed by atoms with Crippen LogP contribution in [0.5, 0.6) is 0 Å². The summed E-state index contributed by atoms with van der Waals surface area (Å²) in [7, 11) is 0. The van der Waals surface area contributed by atoms with Gasteiger partial charge in [0.15, 0.2) is 0 Å². The number of carbonyl (C=O) groups is 2. The van der Waals surface area contributed by atoms with Crippen molar-refractivity contribution in [3.05, 3.63) is 71.4 Å². The number of para-hydroxylation sites is 1. The molecule has 2 aromatic rings. The molecule has 5 heteroatoms. The molecule has 2 N–H and O–H groups in total. The van der Waals surface area contributed by atoms with Gasteiger partial charge in [0.25, 0.3) is 5.91 Å². The average Bonchev–Trinajstić information content (AvgIpc) is 2.88. The molecule has 0 atom stereocenters. The van der Waals surface area contributed by atoms with E-state index >= 15 is 0 Å². The zero-order chi connectivity index (χ0) is 16.4. The van der Waals surface area contributed by atoms with Crippen molar-refractivity contribution in [2.75, 3.05) is 16.8 Å². The predicted octanol–water partition coefficient (Wildman–Crippen LogP) is 3.04. The zero-order valence-corrected chi connectivity index (χ0v) is 12.6. The van der Waals surface area contributed by atoms with E-state index in [1.165, 1.54) is 6.07 Å². The largest absolute Gasteiger partial charge is 0.478 e. The van der Waals surface area contributed by atoms with Gasteiger partial charge in [-0.05, 0) is 36.8 Å². The van der Waals surface area contributed by atoms with Gasteiger partial charge in [0.1, 0.15) is 0 Å². The molecule has 0 spiro atoms. The van der Waals surface area contributed by atoms with Gasteiger partial charge in [-0.25, -0.2) is 4.79 Å². The van der Waals surface area contributed by atoms with E-state index in [9.17, 15) is 9.59 Å². The standard InChI is InChI=1S/C18H16N2O3/c1-12-5-2-3-8-16(12)20-11-15(10-17(20)21)19-14-7-4-6-13(9-14)18(22)23/h2-10,19H,11H2,1H3,(H,22,23). The van der Waals surface area contributed by atoms with Gasteiger partial charge >= 0.3 is 5.97 Å². The Morgan fingerprint density at radius 3 is 2.70 bits per heavy atom. The molecule has 0 bridgehead atoms. The van der Waals surface area contributed by atoms with Crippen molar-refractivity contribution in [3.8, 4) is 0 Å². The second-order valence-corrected chi connectivity index (χ2v) is 5.39. The predicted molar refractivity (Wildman–Crippen MR) is 88.6 cm³/mol. The molecule has 5 nitrogen and oxygen atoms in total. The summed E-state index contributed by atoms with van der Waals surface area (Å²) in [5, 5.41) is 12.1. The van der Waals surface area contributed by atoms with Crippen molar-refractivity contribution in [1.82, 2.24) is 0 Å². The van der Waals surface area contributed by atoms with E-state index in [2.05, 4.69) is 5.32 Å². The maximum absolute atomic E-state index is 12.2. The summed E-state index contributed by atoms with van der Waals surface area (Å²) in [5.41, 5.74) is 3.50. The molecule has 1 amide bonds. The fraction of sp³-hybridized carbons (Fsp3) is 0.111. The SMILES string of the molecule is Cc1ccccc1N1CC(Nc2cccc(C(=O)O)c2)=CC1=O. The van der Waals surface area contributed by atoms with Gasteiger partial charge in [-0.2, -0.15) is 0 Å². The number of carboxylic acid groups (broad SMARTS) is 1. The number of carboxylic acids is 1. The van der Waals surface area contributed by atoms with Gasteiger partial charge in [-0.15, -0.1) is 0 Å². The van der Waals surface area contributed by atoms with Crippen LogP contribution < -0.4 is 10.2 Å². The molecular formula is C18H16N2O3. The first-order valence-electron chi connectivity index (χ1n) is 7.22. The molecular weight excluding hydrogens is 292 g/mol. The third kappa shape index (κ3) is 3.08. The van der Waals surface area contributed by atoms with Gasteiger partial charge < -0.3 is 15.3 Å². The van der Waals surface area contributed by atoms with E-state index in [0.717, 1.165) is 16.9 Å². The monoisotopic (exact) mass is 308 g/mol. The highest BCUT2D eigenvalue weighted by atomic mass is 16.4. The van der Waals surface area contributed by atoms with Gasteiger partial charge in [-0.3, -0.25) is 4.79 Å². The third-order valence-electron chi connectivity index (χ3n) is 3.71. The summed E-state index contributed by atoms with van der Waals surface area (Å²) in [6.07, 6.45) is 1.54. The first-order chi connectivity index (χ1) is 11.0. The molecule has 0 saturated carbocycles. The lowest BCUT2D eigenvalue weighted by Crippen LogP contribution is -2.26. The van der Waals surface area contributed by atoms with Crippen molar-refractivity contribution in [3.63, 3.8) is 0 Å². The Labute approximate surface area is 133 Å². The highest BCUT2D eigenvalue weighted by molar-refractivity contribution is 6.06. The highest BCUT2D eigenvalue weighted by Crippen LogP contribution is 2.25. The number of rotatable bonds is 4. The number of hydrogen-bond acceptors (Lipinski definition) is 3. The molecule has 0 aliphatic carbocycles. The van der Waals surface area contributed by atoms with Crippen LogP contribution in [0.3, 0.4) is 0 Å². The van der Waals surface area contributed by atoms with Crippen molar-refractivity contribution < 1.29 is 14.7 Å². The van der Waals surface area contributed by atoms with Gasteiger partial charge in [-0.1, -0.05) is 24.3 Å². The topological polar surface area (TPSA) is 69.6 Å². The lowest BCUT2D eigenvalue weighted by Gasteiger charge is -2.19. The summed E-state index contributed by atoms with van der Waals surface area (Å²) in [6, 6.07) is 14.2.